The van der Waals surface area contributed by atoms with Crippen LogP contribution in [0.4, 0.5) is 5.69 Å². The third kappa shape index (κ3) is 12.3. The summed E-state index contributed by atoms with van der Waals surface area (Å²) in [5.41, 5.74) is 0.419. The van der Waals surface area contributed by atoms with Crippen LogP contribution in [0.1, 0.15) is 39.5 Å². The molecule has 0 spiro atoms. The van der Waals surface area contributed by atoms with Gasteiger partial charge in [-0.25, -0.2) is 8.42 Å². The average Bonchev–Trinajstić information content (AvgIpc) is 2.67. The zero-order chi connectivity index (χ0) is 21.7. The molecule has 1 aromatic rings. The van der Waals surface area contributed by atoms with Crippen molar-refractivity contribution in [2.24, 2.45) is 0 Å². The molecule has 0 aliphatic carbocycles. The number of rotatable bonds is 16. The SMILES string of the molecule is CCCCOCC(O)CN(CC(O)COCCCC)c1cccc(S(=O)(=O)[O-])c1.[Li+]. The predicted octanol–water partition coefficient (Wildman–Crippen LogP) is -1.24. The molecule has 30 heavy (non-hydrogen) atoms. The van der Waals surface area contributed by atoms with Crippen LogP contribution in [0.15, 0.2) is 29.2 Å². The summed E-state index contributed by atoms with van der Waals surface area (Å²) < 4.78 is 44.9. The van der Waals surface area contributed by atoms with Gasteiger partial charge in [-0.15, -0.1) is 0 Å². The number of aliphatic hydroxyl groups excluding tert-OH is 2. The number of aliphatic hydroxyl groups is 2. The fourth-order valence-corrected chi connectivity index (χ4v) is 3.18. The summed E-state index contributed by atoms with van der Waals surface area (Å²) in [7, 11) is -4.61. The van der Waals surface area contributed by atoms with Crippen LogP contribution in [0, 0.1) is 0 Å². The molecule has 0 radical (unpaired) electrons. The Morgan fingerprint density at radius 2 is 1.50 bits per heavy atom. The summed E-state index contributed by atoms with van der Waals surface area (Å²) in [4.78, 5) is 1.28. The van der Waals surface area contributed by atoms with Crippen molar-refractivity contribution in [3.8, 4) is 0 Å². The second-order valence-electron chi connectivity index (χ2n) is 7.02. The van der Waals surface area contributed by atoms with Gasteiger partial charge >= 0.3 is 18.9 Å². The number of hydrogen-bond donors (Lipinski definition) is 2. The van der Waals surface area contributed by atoms with E-state index in [0.717, 1.165) is 25.7 Å². The van der Waals surface area contributed by atoms with Crippen LogP contribution in [0.3, 0.4) is 0 Å². The van der Waals surface area contributed by atoms with Crippen molar-refractivity contribution in [1.29, 1.82) is 0 Å². The van der Waals surface area contributed by atoms with Gasteiger partial charge in [-0.05, 0) is 31.0 Å². The Bertz CT molecular complexity index is 655. The maximum Gasteiger partial charge on any atom is 1.00 e. The van der Waals surface area contributed by atoms with Crippen LogP contribution in [-0.4, -0.2) is 74.9 Å². The van der Waals surface area contributed by atoms with Gasteiger partial charge in [0.2, 0.25) is 0 Å². The smallest absolute Gasteiger partial charge is 0.744 e. The number of nitrogens with zero attached hydrogens (tertiary/aromatic N) is 1. The maximum absolute atomic E-state index is 11.3. The first-order chi connectivity index (χ1) is 13.8. The number of unbranched alkanes of at least 4 members (excludes halogenated alkanes) is 2. The van der Waals surface area contributed by atoms with Crippen molar-refractivity contribution < 1.29 is 51.5 Å². The van der Waals surface area contributed by atoms with Crippen LogP contribution in [0.2, 0.25) is 0 Å². The number of benzene rings is 1. The van der Waals surface area contributed by atoms with Crippen LogP contribution >= 0.6 is 0 Å². The Kier molecular flexibility index (Phi) is 15.7. The van der Waals surface area contributed by atoms with Crippen molar-refractivity contribution in [2.75, 3.05) is 44.4 Å². The first-order valence-electron chi connectivity index (χ1n) is 10.1. The standard InChI is InChI=1S/C20H35NO7S.Li/c1-3-5-10-27-15-18(22)13-21(14-19(23)16-28-11-6-4-2)17-8-7-9-20(12-17)29(24,25)26;/h7-9,12,18-19,22-23H,3-6,10-11,13-16H2,1-2H3,(H,24,25,26);/q;+1/p-1. The van der Waals surface area contributed by atoms with Crippen LogP contribution in [0.25, 0.3) is 0 Å². The molecule has 0 aliphatic rings. The van der Waals surface area contributed by atoms with E-state index < -0.39 is 22.3 Å². The quantitative estimate of drug-likeness (QED) is 0.186. The first kappa shape index (κ1) is 29.4. The summed E-state index contributed by atoms with van der Waals surface area (Å²) in [6.07, 6.45) is 2.09. The van der Waals surface area contributed by atoms with E-state index in [1.54, 1.807) is 11.0 Å². The van der Waals surface area contributed by atoms with Gasteiger partial charge < -0.3 is 29.1 Å². The van der Waals surface area contributed by atoms with E-state index in [4.69, 9.17) is 9.47 Å². The van der Waals surface area contributed by atoms with E-state index in [0.29, 0.717) is 18.9 Å². The molecule has 8 nitrogen and oxygen atoms in total. The van der Waals surface area contributed by atoms with E-state index in [1.165, 1.54) is 18.2 Å². The van der Waals surface area contributed by atoms with Crippen molar-refractivity contribution in [1.82, 2.24) is 0 Å². The van der Waals surface area contributed by atoms with Gasteiger partial charge in [-0.2, -0.15) is 0 Å². The molecular formula is C20H34LiNO7S. The minimum absolute atomic E-state index is 0. The van der Waals surface area contributed by atoms with Gasteiger partial charge in [0, 0.05) is 32.0 Å². The minimum Gasteiger partial charge on any atom is -0.744 e. The van der Waals surface area contributed by atoms with Gasteiger partial charge in [-0.3, -0.25) is 0 Å². The summed E-state index contributed by atoms with van der Waals surface area (Å²) in [6, 6.07) is 5.56. The number of anilines is 1. The van der Waals surface area contributed by atoms with Gasteiger partial charge in [-0.1, -0.05) is 32.8 Å². The molecule has 2 unspecified atom stereocenters. The molecule has 0 aliphatic heterocycles. The molecule has 0 saturated heterocycles. The number of ether oxygens (including phenoxy) is 2. The zero-order valence-electron chi connectivity index (χ0n) is 18.3. The fraction of sp³-hybridized carbons (Fsp3) is 0.700. The second kappa shape index (κ2) is 16.1. The first-order valence-corrected chi connectivity index (χ1v) is 11.5. The minimum atomic E-state index is -4.61. The molecule has 0 aromatic heterocycles. The molecule has 2 N–H and O–H groups in total. The molecular weight excluding hydrogens is 405 g/mol. The van der Waals surface area contributed by atoms with Gasteiger partial charge in [0.15, 0.2) is 0 Å². The Hall–Kier alpha value is -0.633. The Balaban J connectivity index is 0.00000841. The third-order valence-corrected chi connectivity index (χ3v) is 5.07. The van der Waals surface area contributed by atoms with Crippen molar-refractivity contribution in [3.05, 3.63) is 24.3 Å². The van der Waals surface area contributed by atoms with E-state index >= 15 is 0 Å². The topological polar surface area (TPSA) is 119 Å². The third-order valence-electron chi connectivity index (χ3n) is 4.24. The van der Waals surface area contributed by atoms with Gasteiger partial charge in [0.25, 0.3) is 0 Å². The molecule has 0 fully saturated rings. The summed E-state index contributed by atoms with van der Waals surface area (Å²) in [6.45, 7) is 5.65. The molecule has 0 saturated carbocycles. The normalized spacial score (nSPS) is 13.5. The second-order valence-corrected chi connectivity index (χ2v) is 8.40. The summed E-state index contributed by atoms with van der Waals surface area (Å²) >= 11 is 0. The van der Waals surface area contributed by atoms with Crippen LogP contribution < -0.4 is 23.8 Å². The summed E-state index contributed by atoms with van der Waals surface area (Å²) in [5.74, 6) is 0. The molecule has 10 heteroatoms. The average molecular weight is 440 g/mol. The van der Waals surface area contributed by atoms with E-state index in [9.17, 15) is 23.2 Å². The fourth-order valence-electron chi connectivity index (χ4n) is 2.67. The Morgan fingerprint density at radius 1 is 1.00 bits per heavy atom. The van der Waals surface area contributed by atoms with Crippen LogP contribution in [-0.2, 0) is 19.6 Å². The molecule has 0 bridgehead atoms. The van der Waals surface area contributed by atoms with E-state index in [1.807, 2.05) is 13.8 Å². The van der Waals surface area contributed by atoms with Crippen molar-refractivity contribution >= 4 is 15.8 Å². The van der Waals surface area contributed by atoms with Crippen LogP contribution in [0.5, 0.6) is 0 Å². The van der Waals surface area contributed by atoms with Gasteiger partial charge in [0.1, 0.15) is 10.1 Å². The molecule has 1 rings (SSSR count). The van der Waals surface area contributed by atoms with Crippen molar-refractivity contribution in [2.45, 2.75) is 56.6 Å². The largest absolute Gasteiger partial charge is 1.00 e. The molecule has 0 amide bonds. The summed E-state index contributed by atoms with van der Waals surface area (Å²) in [5, 5.41) is 20.6. The molecule has 2 atom stereocenters. The zero-order valence-corrected chi connectivity index (χ0v) is 19.1. The molecule has 1 aromatic carbocycles. The Morgan fingerprint density at radius 3 is 1.93 bits per heavy atom. The Labute approximate surface area is 192 Å². The van der Waals surface area contributed by atoms with Crippen molar-refractivity contribution in [3.63, 3.8) is 0 Å². The monoisotopic (exact) mass is 439 g/mol. The maximum atomic E-state index is 11.3. The molecule has 168 valence electrons. The van der Waals surface area contributed by atoms with E-state index in [-0.39, 0.29) is 50.1 Å². The van der Waals surface area contributed by atoms with Gasteiger partial charge in [0.05, 0.1) is 30.3 Å². The predicted molar refractivity (Wildman–Crippen MR) is 110 cm³/mol. The molecule has 0 heterocycles. The number of hydrogen-bond acceptors (Lipinski definition) is 8. The van der Waals surface area contributed by atoms with E-state index in [2.05, 4.69) is 0 Å².